The van der Waals surface area contributed by atoms with Crippen molar-refractivity contribution in [1.82, 2.24) is 20.2 Å². The highest BCUT2D eigenvalue weighted by Crippen LogP contribution is 2.57. The maximum atomic E-state index is 14.6. The number of aryl methyl sites for hydroxylation is 1. The fourth-order valence-corrected chi connectivity index (χ4v) is 8.47. The second kappa shape index (κ2) is 14.3. The third-order valence-corrected chi connectivity index (χ3v) is 11.8. The van der Waals surface area contributed by atoms with Crippen LogP contribution in [0.2, 0.25) is 0 Å². The number of hydrogen-bond donors (Lipinski definition) is 1. The largest absolute Gasteiger partial charge is 0.534 e. The predicted octanol–water partition coefficient (Wildman–Crippen LogP) is 6.08. The van der Waals surface area contributed by atoms with Gasteiger partial charge >= 0.3 is 27.7 Å². The van der Waals surface area contributed by atoms with Gasteiger partial charge < -0.3 is 28.6 Å². The Labute approximate surface area is 313 Å². The minimum absolute atomic E-state index is 0.00909. The van der Waals surface area contributed by atoms with E-state index in [1.165, 1.54) is 11.0 Å². The van der Waals surface area contributed by atoms with Crippen LogP contribution in [0.4, 0.5) is 18.0 Å². The number of nitrogens with zero attached hydrogens (tertiary/aromatic N) is 3. The van der Waals surface area contributed by atoms with Gasteiger partial charge in [-0.2, -0.15) is 21.6 Å². The Kier molecular flexibility index (Phi) is 10.5. The second-order valence-corrected chi connectivity index (χ2v) is 18.7. The number of nitrogens with one attached hydrogen (secondary N) is 1. The quantitative estimate of drug-likeness (QED) is 0.218. The van der Waals surface area contributed by atoms with E-state index in [4.69, 9.17) is 19.2 Å². The zero-order valence-electron chi connectivity index (χ0n) is 31.6. The van der Waals surface area contributed by atoms with Gasteiger partial charge in [-0.05, 0) is 88.2 Å². The van der Waals surface area contributed by atoms with Crippen molar-refractivity contribution in [2.75, 3.05) is 6.54 Å². The van der Waals surface area contributed by atoms with Crippen LogP contribution in [0.1, 0.15) is 92.7 Å². The minimum atomic E-state index is -5.95. The number of rotatable bonds is 3. The van der Waals surface area contributed by atoms with E-state index in [9.17, 15) is 36.0 Å². The monoisotopic (exact) mass is 782 g/mol. The second-order valence-electron chi connectivity index (χ2n) is 17.1. The van der Waals surface area contributed by atoms with Gasteiger partial charge in [0.1, 0.15) is 41.3 Å². The van der Waals surface area contributed by atoms with Crippen molar-refractivity contribution in [3.63, 3.8) is 0 Å². The predicted molar refractivity (Wildman–Crippen MR) is 189 cm³/mol. The SMILES string of the molecule is C[C@@H]1[C@@H]2CN(C(=O)[C@H](C(C)(C)C)NC(=O)O[C@@H]3CC4C[C@@H]4[C@H]3CCCCCc3nc4ccc(OS(=O)(=O)C(F)(F)F)cc4nc3O2)[C@@H]1C(=O)OC(C)(C)C. The number of esters is 1. The fourth-order valence-electron chi connectivity index (χ4n) is 8.02. The molecule has 1 aromatic heterocycles. The van der Waals surface area contributed by atoms with Crippen LogP contribution >= 0.6 is 0 Å². The highest BCUT2D eigenvalue weighted by Gasteiger charge is 2.55. The average Bonchev–Trinajstić information content (AvgIpc) is 3.60. The number of alkyl carbamates (subject to hydrolysis) is 1. The van der Waals surface area contributed by atoms with Gasteiger partial charge in [-0.3, -0.25) is 4.79 Å². The van der Waals surface area contributed by atoms with Crippen LogP contribution in [0.25, 0.3) is 11.0 Å². The number of benzene rings is 1. The molecule has 8 atom stereocenters. The molecular weight excluding hydrogens is 733 g/mol. The molecule has 2 saturated carbocycles. The van der Waals surface area contributed by atoms with Crippen LogP contribution < -0.4 is 14.2 Å². The van der Waals surface area contributed by atoms with Gasteiger partial charge in [-0.25, -0.2) is 19.6 Å². The van der Waals surface area contributed by atoms with E-state index in [-0.39, 0.29) is 35.5 Å². The van der Waals surface area contributed by atoms with Crippen LogP contribution in [-0.4, -0.2) is 83.2 Å². The number of ether oxygens (including phenoxy) is 3. The smallest absolute Gasteiger partial charge is 0.471 e. The lowest BCUT2D eigenvalue weighted by molar-refractivity contribution is -0.165. The van der Waals surface area contributed by atoms with Crippen LogP contribution in [0.15, 0.2) is 18.2 Å². The molecule has 0 spiro atoms. The van der Waals surface area contributed by atoms with E-state index in [1.807, 2.05) is 0 Å². The molecule has 1 N–H and O–H groups in total. The number of aromatic nitrogens is 2. The minimum Gasteiger partial charge on any atom is -0.471 e. The Bertz CT molecular complexity index is 1900. The summed E-state index contributed by atoms with van der Waals surface area (Å²) in [7, 11) is -5.95. The maximum absolute atomic E-state index is 14.6. The number of halogens is 3. The number of alkyl halides is 3. The van der Waals surface area contributed by atoms with Gasteiger partial charge in [-0.1, -0.05) is 40.5 Å². The van der Waals surface area contributed by atoms with Gasteiger partial charge in [0.15, 0.2) is 0 Å². The normalized spacial score (nSPS) is 29.8. The molecule has 1 aromatic carbocycles. The summed E-state index contributed by atoms with van der Waals surface area (Å²) in [5.74, 6) is -1.23. The molecule has 54 heavy (non-hydrogen) atoms. The Hall–Kier alpha value is -3.89. The number of fused-ring (bicyclic) bond motifs is 7. The number of amides is 2. The first-order valence-corrected chi connectivity index (χ1v) is 19.9. The van der Waals surface area contributed by atoms with Gasteiger partial charge in [-0.15, -0.1) is 0 Å². The Balaban J connectivity index is 1.39. The third kappa shape index (κ3) is 8.50. The lowest BCUT2D eigenvalue weighted by Gasteiger charge is -2.36. The highest BCUT2D eigenvalue weighted by molar-refractivity contribution is 7.88. The van der Waals surface area contributed by atoms with Crippen LogP contribution in [0.5, 0.6) is 11.6 Å². The van der Waals surface area contributed by atoms with E-state index in [0.717, 1.165) is 44.2 Å². The van der Waals surface area contributed by atoms with Gasteiger partial charge in [0.25, 0.3) is 0 Å². The molecule has 2 bridgehead atoms. The Morgan fingerprint density at radius 1 is 0.944 bits per heavy atom. The van der Waals surface area contributed by atoms with Crippen molar-refractivity contribution >= 4 is 39.1 Å². The summed E-state index contributed by atoms with van der Waals surface area (Å²) < 4.78 is 85.4. The van der Waals surface area contributed by atoms with E-state index in [1.54, 1.807) is 48.5 Å². The highest BCUT2D eigenvalue weighted by atomic mass is 32.2. The molecule has 2 aliphatic heterocycles. The number of carbonyl (C=O) groups is 3. The van der Waals surface area contributed by atoms with Crippen molar-refractivity contribution in [2.45, 2.75) is 129 Å². The summed E-state index contributed by atoms with van der Waals surface area (Å²) in [5.41, 5.74) is -6.60. The van der Waals surface area contributed by atoms with Crippen LogP contribution in [0.3, 0.4) is 0 Å². The first kappa shape index (κ1) is 39.8. The van der Waals surface area contributed by atoms with Gasteiger partial charge in [0.2, 0.25) is 11.8 Å². The zero-order valence-corrected chi connectivity index (χ0v) is 32.4. The molecule has 1 unspecified atom stereocenters. The summed E-state index contributed by atoms with van der Waals surface area (Å²) in [6.07, 6.45) is 3.76. The van der Waals surface area contributed by atoms with Crippen molar-refractivity contribution in [3.05, 3.63) is 23.9 Å². The lowest BCUT2D eigenvalue weighted by atomic mass is 9.85. The molecule has 6 rings (SSSR count). The van der Waals surface area contributed by atoms with E-state index in [0.29, 0.717) is 30.4 Å². The zero-order chi connectivity index (χ0) is 39.5. The molecule has 2 aliphatic carbocycles. The van der Waals surface area contributed by atoms with Crippen molar-refractivity contribution in [2.24, 2.45) is 29.1 Å². The summed E-state index contributed by atoms with van der Waals surface area (Å²) >= 11 is 0. The molecule has 17 heteroatoms. The summed E-state index contributed by atoms with van der Waals surface area (Å²) in [6, 6.07) is 1.21. The van der Waals surface area contributed by atoms with E-state index >= 15 is 0 Å². The molecule has 3 heterocycles. The molecular formula is C37H49F3N4O9S. The first-order valence-electron chi connectivity index (χ1n) is 18.5. The van der Waals surface area contributed by atoms with Crippen molar-refractivity contribution in [3.8, 4) is 11.6 Å². The molecule has 0 radical (unpaired) electrons. The molecule has 2 aromatic rings. The summed E-state index contributed by atoms with van der Waals surface area (Å²) in [4.78, 5) is 52.6. The van der Waals surface area contributed by atoms with Crippen molar-refractivity contribution in [1.29, 1.82) is 0 Å². The first-order chi connectivity index (χ1) is 25.0. The average molecular weight is 783 g/mol. The Morgan fingerprint density at radius 3 is 2.33 bits per heavy atom. The van der Waals surface area contributed by atoms with E-state index < -0.39 is 74.5 Å². The molecule has 298 valence electrons. The van der Waals surface area contributed by atoms with Crippen molar-refractivity contribution < 1.29 is 54.4 Å². The molecule has 1 saturated heterocycles. The molecule has 2 amide bonds. The summed E-state index contributed by atoms with van der Waals surface area (Å²) in [5, 5.41) is 2.83. The third-order valence-electron chi connectivity index (χ3n) is 10.8. The molecule has 4 aliphatic rings. The lowest BCUT2D eigenvalue weighted by Crippen LogP contribution is -2.58. The summed E-state index contributed by atoms with van der Waals surface area (Å²) in [6.45, 7) is 12.2. The Morgan fingerprint density at radius 2 is 1.67 bits per heavy atom. The fraction of sp³-hybridized carbons (Fsp3) is 0.703. The van der Waals surface area contributed by atoms with Gasteiger partial charge in [0, 0.05) is 12.0 Å². The molecule has 3 fully saturated rings. The maximum Gasteiger partial charge on any atom is 0.534 e. The standard InChI is InChI=1S/C37H49F3N4O9S/c1-19-28-18-44(29(19)33(46)52-36(5,6)7)32(45)30(35(2,3)4)43-34(47)51-27-16-20-15-23(20)22(27)11-9-8-10-12-25-31(50-28)42-26-17-21(13-14-24(26)41-25)53-54(48,49)37(38,39)40/h13-14,17,19-20,22-23,27-30H,8-12,15-16,18H2,1-7H3,(H,43,47)/t19-,20?,22-,23+,27-,28+,29+,30-/m1/s1. The number of carbonyl (C=O) groups excluding carboxylic acids is 3. The van der Waals surface area contributed by atoms with Crippen LogP contribution in [0, 0.1) is 29.1 Å². The van der Waals surface area contributed by atoms with Gasteiger partial charge in [0.05, 0.1) is 17.6 Å². The topological polar surface area (TPSA) is 163 Å². The van der Waals surface area contributed by atoms with E-state index in [2.05, 4.69) is 14.5 Å². The van der Waals surface area contributed by atoms with Crippen LogP contribution in [-0.2, 0) is 35.6 Å². The number of hydrogen-bond acceptors (Lipinski definition) is 11. The molecule has 13 nitrogen and oxygen atoms in total.